The van der Waals surface area contributed by atoms with E-state index in [1.807, 2.05) is 55.4 Å². The summed E-state index contributed by atoms with van der Waals surface area (Å²) in [6, 6.07) is -0.0430. The molecular formula is C25H45N3O4. The highest BCUT2D eigenvalue weighted by Gasteiger charge is 2.42. The van der Waals surface area contributed by atoms with E-state index in [0.29, 0.717) is 12.8 Å². The molecule has 0 saturated heterocycles. The third-order valence-electron chi connectivity index (χ3n) is 6.42. The number of hydrogen-bond acceptors (Lipinski definition) is 6. The second kappa shape index (κ2) is 10.3. The van der Waals surface area contributed by atoms with E-state index >= 15 is 0 Å². The largest absolute Gasteiger partial charge is 0.433 e. The topological polar surface area (TPSA) is 89.3 Å². The zero-order valence-corrected chi connectivity index (χ0v) is 22.1. The maximum absolute atomic E-state index is 12.3. The lowest BCUT2D eigenvalue weighted by atomic mass is 9.61. The van der Waals surface area contributed by atoms with Crippen LogP contribution in [0.15, 0.2) is 10.3 Å². The highest BCUT2D eigenvalue weighted by Crippen LogP contribution is 2.48. The van der Waals surface area contributed by atoms with Gasteiger partial charge >= 0.3 is 12.1 Å². The Morgan fingerprint density at radius 3 is 1.91 bits per heavy atom. The first-order valence-electron chi connectivity index (χ1n) is 11.6. The molecule has 0 aromatic heterocycles. The molecule has 2 unspecified atom stereocenters. The van der Waals surface area contributed by atoms with Crippen LogP contribution in [0, 0.1) is 21.7 Å². The van der Waals surface area contributed by atoms with E-state index in [0.717, 1.165) is 30.7 Å². The van der Waals surface area contributed by atoms with Crippen molar-refractivity contribution in [2.45, 2.75) is 114 Å². The van der Waals surface area contributed by atoms with Crippen LogP contribution in [-0.2, 0) is 14.5 Å². The van der Waals surface area contributed by atoms with Gasteiger partial charge in [0.05, 0.1) is 11.4 Å². The number of oxime groups is 2. The smallest absolute Gasteiger partial charge is 0.318 e. The number of hydrogen-bond donors (Lipinski definition) is 1. The van der Waals surface area contributed by atoms with Crippen molar-refractivity contribution in [1.29, 1.82) is 0 Å². The quantitative estimate of drug-likeness (QED) is 0.285. The maximum Gasteiger partial charge on any atom is 0.433 e. The molecule has 1 aliphatic carbocycles. The molecule has 0 heterocycles. The molecule has 0 aromatic carbocycles. The summed E-state index contributed by atoms with van der Waals surface area (Å²) >= 11 is 0. The lowest BCUT2D eigenvalue weighted by molar-refractivity contribution is -0.144. The lowest BCUT2D eigenvalue weighted by Gasteiger charge is -2.46. The van der Waals surface area contributed by atoms with Gasteiger partial charge in [-0.05, 0) is 50.4 Å². The summed E-state index contributed by atoms with van der Waals surface area (Å²) < 4.78 is 0. The molecule has 0 aromatic rings. The monoisotopic (exact) mass is 451 g/mol. The molecule has 1 aliphatic rings. The van der Waals surface area contributed by atoms with E-state index in [4.69, 9.17) is 9.68 Å². The Kier molecular flexibility index (Phi) is 9.09. The number of nitrogens with one attached hydrogen (secondary N) is 1. The molecule has 1 amide bonds. The van der Waals surface area contributed by atoms with E-state index < -0.39 is 6.09 Å². The average Bonchev–Trinajstić information content (AvgIpc) is 2.59. The van der Waals surface area contributed by atoms with Crippen molar-refractivity contribution in [3.63, 3.8) is 0 Å². The Morgan fingerprint density at radius 1 is 0.906 bits per heavy atom. The Hall–Kier alpha value is -1.92. The van der Waals surface area contributed by atoms with Gasteiger partial charge in [-0.25, -0.2) is 9.59 Å². The van der Waals surface area contributed by atoms with Crippen molar-refractivity contribution in [2.24, 2.45) is 32.0 Å². The van der Waals surface area contributed by atoms with Crippen molar-refractivity contribution < 1.29 is 19.3 Å². The van der Waals surface area contributed by atoms with Crippen LogP contribution >= 0.6 is 0 Å². The molecule has 1 N–H and O–H groups in total. The van der Waals surface area contributed by atoms with E-state index in [1.165, 1.54) is 0 Å². The summed E-state index contributed by atoms with van der Waals surface area (Å²) in [5.74, 6) is -0.325. The summed E-state index contributed by atoms with van der Waals surface area (Å²) in [6.07, 6.45) is 3.01. The fraction of sp³-hybridized carbons (Fsp3) is 0.840. The average molecular weight is 452 g/mol. The van der Waals surface area contributed by atoms with Gasteiger partial charge in [-0.2, -0.15) is 0 Å². The van der Waals surface area contributed by atoms with Gasteiger partial charge in [-0.1, -0.05) is 72.6 Å². The van der Waals surface area contributed by atoms with Crippen molar-refractivity contribution >= 4 is 23.5 Å². The molecule has 1 fully saturated rings. The number of carbonyl (C=O) groups excluding carboxylic acids is 2. The fourth-order valence-electron chi connectivity index (χ4n) is 4.07. The van der Waals surface area contributed by atoms with Gasteiger partial charge in [0.25, 0.3) is 0 Å². The summed E-state index contributed by atoms with van der Waals surface area (Å²) in [7, 11) is 0. The van der Waals surface area contributed by atoms with Crippen molar-refractivity contribution in [1.82, 2.24) is 5.32 Å². The van der Waals surface area contributed by atoms with Crippen LogP contribution < -0.4 is 5.32 Å². The van der Waals surface area contributed by atoms with Gasteiger partial charge < -0.3 is 10.2 Å². The molecular weight excluding hydrogens is 406 g/mol. The minimum Gasteiger partial charge on any atom is -0.318 e. The normalized spacial score (nSPS) is 24.7. The van der Waals surface area contributed by atoms with Crippen molar-refractivity contribution in [3.8, 4) is 0 Å². The summed E-state index contributed by atoms with van der Waals surface area (Å²) in [5.41, 5.74) is 1.16. The van der Waals surface area contributed by atoms with Crippen LogP contribution in [0.1, 0.15) is 108 Å². The molecule has 0 bridgehead atoms. The van der Waals surface area contributed by atoms with Crippen LogP contribution in [0.4, 0.5) is 4.79 Å². The Labute approximate surface area is 194 Å². The van der Waals surface area contributed by atoms with Crippen LogP contribution in [0.2, 0.25) is 0 Å². The second-order valence-electron chi connectivity index (χ2n) is 12.6. The Morgan fingerprint density at radius 2 is 1.41 bits per heavy atom. The van der Waals surface area contributed by atoms with E-state index in [-0.39, 0.29) is 33.7 Å². The molecule has 2 atom stereocenters. The van der Waals surface area contributed by atoms with E-state index in [1.54, 1.807) is 0 Å². The van der Waals surface area contributed by atoms with Gasteiger partial charge in [-0.15, -0.1) is 0 Å². The molecule has 7 heteroatoms. The van der Waals surface area contributed by atoms with Gasteiger partial charge in [0.1, 0.15) is 0 Å². The predicted molar refractivity (Wildman–Crippen MR) is 130 cm³/mol. The minimum absolute atomic E-state index is 0.0282. The minimum atomic E-state index is -0.537. The molecule has 184 valence electrons. The van der Waals surface area contributed by atoms with Crippen molar-refractivity contribution in [2.75, 3.05) is 0 Å². The maximum atomic E-state index is 12.3. The first-order chi connectivity index (χ1) is 14.3. The fourth-order valence-corrected chi connectivity index (χ4v) is 4.07. The molecule has 1 saturated carbocycles. The Balaban J connectivity index is 2.71. The third-order valence-corrected chi connectivity index (χ3v) is 6.42. The third kappa shape index (κ3) is 9.70. The summed E-state index contributed by atoms with van der Waals surface area (Å²) in [5, 5.41) is 10.9. The highest BCUT2D eigenvalue weighted by molar-refractivity contribution is 5.87. The van der Waals surface area contributed by atoms with Crippen LogP contribution in [0.25, 0.3) is 0 Å². The molecule has 0 aliphatic heterocycles. The highest BCUT2D eigenvalue weighted by atomic mass is 16.7. The standard InChI is InChI=1S/C25H45N3O4/c1-17(22(3,4)5)27-31-20(29)12-13-25(11)15-19(14-24(9,10)16-25)26-21(30)32-28-18(2)23(6,7)8/h19H,12-16H2,1-11H3,(H,26,30)/b27-17+,28-18+. The number of rotatable bonds is 6. The van der Waals surface area contributed by atoms with Crippen LogP contribution in [0.3, 0.4) is 0 Å². The van der Waals surface area contributed by atoms with Gasteiger partial charge in [-0.3, -0.25) is 4.84 Å². The summed E-state index contributed by atoms with van der Waals surface area (Å²) in [6.45, 7) is 22.4. The zero-order chi connectivity index (χ0) is 25.0. The second-order valence-corrected chi connectivity index (χ2v) is 12.6. The predicted octanol–water partition coefficient (Wildman–Crippen LogP) is 6.47. The van der Waals surface area contributed by atoms with E-state index in [9.17, 15) is 9.59 Å². The lowest BCUT2D eigenvalue weighted by Crippen LogP contribution is -2.47. The molecule has 0 spiro atoms. The van der Waals surface area contributed by atoms with Crippen molar-refractivity contribution in [3.05, 3.63) is 0 Å². The first-order valence-corrected chi connectivity index (χ1v) is 11.6. The first kappa shape index (κ1) is 28.1. The van der Waals surface area contributed by atoms with Crippen LogP contribution in [-0.4, -0.2) is 29.5 Å². The molecule has 32 heavy (non-hydrogen) atoms. The van der Waals surface area contributed by atoms with Gasteiger partial charge in [0.2, 0.25) is 0 Å². The van der Waals surface area contributed by atoms with E-state index in [2.05, 4.69) is 36.4 Å². The van der Waals surface area contributed by atoms with Crippen LogP contribution in [0.5, 0.6) is 0 Å². The number of carbonyl (C=O) groups is 2. The SMILES string of the molecule is C/C(=N\OC(=O)CCC1(C)CC(NC(=O)O/N=C(\C)C(C)(C)C)CC(C)(C)C1)C(C)(C)C. The molecule has 1 rings (SSSR count). The molecule has 0 radical (unpaired) electrons. The Bertz CT molecular complexity index is 741. The zero-order valence-electron chi connectivity index (χ0n) is 22.1. The summed E-state index contributed by atoms with van der Waals surface area (Å²) in [4.78, 5) is 34.8. The van der Waals surface area contributed by atoms with Gasteiger partial charge in [0, 0.05) is 23.3 Å². The van der Waals surface area contributed by atoms with Gasteiger partial charge in [0.15, 0.2) is 0 Å². The number of amides is 1. The number of nitrogens with zero attached hydrogens (tertiary/aromatic N) is 2. The molecule has 7 nitrogen and oxygen atoms in total.